The SMILES string of the molecule is COC(=O)c1cccc([N+](=O)[O-])c1O.N.O.[2H]C([2H])([2H])Oc1c(-c2ncn(C)n2)cccc1[N+](=O)[O-].[2H]C([2H])([2H])Oc1c(-c2ncn[nH]2)cccc1[N+](=O)[O-].[2H]C([2H])([2H])Oc1c(C(=O)OC)cccc1[N+](=O)[O-].[2H]C([2H])([2H])Oc1c(C(N)=O)cccc1[N+](=O)[O-].[2H]C([2H])([2H])Oc1c(N)cccc1-c1ncn(C)n1.[HH]. The molecule has 0 saturated carbocycles. The number of phenolic OH excluding ortho intramolecular Hbond substituents is 1. The standard InChI is InChI=1S/C10H10N4O3.C10H12N4O.C9H8N4O3.C9H9NO5.C8H8N2O4.C8H7NO5.H3N.H2O.H2/c1-13-6-11-10(12-13)7-4-3-5-8(14(15)16)9(7)17-2;1-14-6-12-10(13-14)7-4-3-5-8(11)9(7)15-2;1-16-8-6(9-10-5-11-12-9)3-2-4-7(8)13(14)15;1-14-8-6(9(11)15-2)4-3-5-7(8)10(12)13;1-14-7-5(8(9)11)3-2-4-6(7)10(12)13;1-14-8(11)5-3-2-4-6(7(5)10)9(12)13;;;/h3-6H,1-2H3;3-6H,11H2,1-2H3;2-5H,1H3,(H,10,11,12);3-5H,1-2H3;2-4H,1H3,(H2,9,11);2-4,10H,1H3;1H3;1H2;1H/i2*2D3;3*1D3;;;;. The number of esters is 2. The predicted molar refractivity (Wildman–Crippen MR) is 328 cm³/mol. The highest BCUT2D eigenvalue weighted by Gasteiger charge is 2.26. The Bertz CT molecular complexity index is 4630. The van der Waals surface area contributed by atoms with E-state index < -0.39 is 123 Å². The molecule has 0 aliphatic heterocycles. The van der Waals surface area contributed by atoms with Crippen molar-refractivity contribution in [3.8, 4) is 68.7 Å². The number of H-pyrrole nitrogens is 1. The zero-order chi connectivity index (χ0) is 80.1. The van der Waals surface area contributed by atoms with Crippen LogP contribution in [0.4, 0.5) is 34.1 Å². The van der Waals surface area contributed by atoms with Crippen molar-refractivity contribution in [3.05, 3.63) is 195 Å². The molecule has 0 aliphatic carbocycles. The molecule has 39 nitrogen and oxygen atoms in total. The Hall–Kier alpha value is -13.3. The third kappa shape index (κ3) is 19.6. The van der Waals surface area contributed by atoms with E-state index in [4.69, 9.17) is 46.2 Å². The molecule has 3 heterocycles. The number of aryl methyl sites for hydroxylation is 2. The van der Waals surface area contributed by atoms with Crippen molar-refractivity contribution in [3.63, 3.8) is 0 Å². The van der Waals surface area contributed by atoms with E-state index in [0.29, 0.717) is 11.4 Å². The molecule has 0 saturated heterocycles. The number of nitrogen functional groups attached to an aromatic ring is 1. The Labute approximate surface area is 546 Å². The number of phenols is 1. The molecule has 1 amide bonds. The predicted octanol–water partition coefficient (Wildman–Crippen LogP) is 6.62. The number of primary amides is 1. The van der Waals surface area contributed by atoms with Gasteiger partial charge in [-0.1, -0.05) is 36.4 Å². The van der Waals surface area contributed by atoms with Crippen LogP contribution < -0.4 is 41.3 Å². The molecule has 0 unspecified atom stereocenters. The highest BCUT2D eigenvalue weighted by Crippen LogP contribution is 2.38. The van der Waals surface area contributed by atoms with Crippen LogP contribution in [0.25, 0.3) is 34.2 Å². The maximum atomic E-state index is 11.4. The lowest BCUT2D eigenvalue weighted by molar-refractivity contribution is -0.386. The molecule has 0 aliphatic rings. The number of nitrogens with two attached hydrogens (primary N) is 2. The second-order valence-corrected chi connectivity index (χ2v) is 16.5. The molecule has 93 heavy (non-hydrogen) atoms. The van der Waals surface area contributed by atoms with Crippen molar-refractivity contribution >= 4 is 52.0 Å². The molecule has 0 atom stereocenters. The third-order valence-electron chi connectivity index (χ3n) is 11.0. The number of rotatable bonds is 16. The summed E-state index contributed by atoms with van der Waals surface area (Å²) in [6.07, 6.45) is 4.11. The summed E-state index contributed by atoms with van der Waals surface area (Å²) >= 11 is 0. The number of aromatic nitrogens is 9. The van der Waals surface area contributed by atoms with Crippen LogP contribution in [0.5, 0.6) is 34.5 Å². The first-order chi connectivity index (χ1) is 49.1. The van der Waals surface area contributed by atoms with Gasteiger partial charge in [0, 0.05) is 45.9 Å². The molecular formula is C54H61N17O22. The van der Waals surface area contributed by atoms with Crippen molar-refractivity contribution in [2.45, 2.75) is 0 Å². The van der Waals surface area contributed by atoms with Crippen LogP contribution in [0.3, 0.4) is 0 Å². The van der Waals surface area contributed by atoms with E-state index in [0.717, 1.165) is 50.6 Å². The minimum atomic E-state index is -2.91. The summed E-state index contributed by atoms with van der Waals surface area (Å²) in [5.74, 6) is -4.67. The molecule has 9 rings (SSSR count). The number of ether oxygens (including phenoxy) is 7. The van der Waals surface area contributed by atoms with Crippen LogP contribution in [0.1, 0.15) is 53.1 Å². The number of carbonyl (C=O) groups excluding carboxylic acids is 3. The number of hydrogen-bond acceptors (Lipinski definition) is 29. The number of nitrogens with zero attached hydrogens (tertiary/aromatic N) is 13. The Morgan fingerprint density at radius 1 is 0.527 bits per heavy atom. The fraction of sp³-hybridized carbons (Fsp3) is 0.167. The van der Waals surface area contributed by atoms with Crippen LogP contribution in [-0.4, -0.2) is 147 Å². The fourth-order valence-electron chi connectivity index (χ4n) is 6.99. The van der Waals surface area contributed by atoms with Crippen LogP contribution in [0.15, 0.2) is 128 Å². The summed E-state index contributed by atoms with van der Waals surface area (Å²) in [6, 6.07) is 23.4. The average Bonchev–Trinajstić information content (AvgIpc) is 1.81. The Kier molecular flexibility index (Phi) is 20.9. The number of hydrogen-bond donors (Lipinski definition) is 5. The maximum Gasteiger partial charge on any atom is 0.341 e. The Balaban J connectivity index is 0.000000652. The van der Waals surface area contributed by atoms with E-state index >= 15 is 0 Å². The summed E-state index contributed by atoms with van der Waals surface area (Å²) in [5.41, 5.74) is 8.14. The first kappa shape index (κ1) is 53.9. The van der Waals surface area contributed by atoms with Gasteiger partial charge in [-0.25, -0.2) is 24.5 Å². The van der Waals surface area contributed by atoms with E-state index in [9.17, 15) is 70.1 Å². The van der Waals surface area contributed by atoms with E-state index in [1.807, 2.05) is 0 Å². The first-order valence-corrected chi connectivity index (χ1v) is 24.0. The fourth-order valence-corrected chi connectivity index (χ4v) is 6.99. The lowest BCUT2D eigenvalue weighted by atomic mass is 10.1. The smallest absolute Gasteiger partial charge is 0.341 e. The van der Waals surface area contributed by atoms with Gasteiger partial charge in [-0.2, -0.15) is 15.3 Å². The van der Waals surface area contributed by atoms with Crippen LogP contribution in [0, 0.1) is 50.6 Å². The van der Waals surface area contributed by atoms with Gasteiger partial charge < -0.3 is 61.4 Å². The van der Waals surface area contributed by atoms with E-state index in [1.54, 1.807) is 32.3 Å². The number of nitro groups is 5. The molecule has 0 bridgehead atoms. The molecule has 39 heteroatoms. The lowest BCUT2D eigenvalue weighted by Crippen LogP contribution is -2.13. The Morgan fingerprint density at radius 2 is 0.882 bits per heavy atom. The van der Waals surface area contributed by atoms with Crippen molar-refractivity contribution in [1.29, 1.82) is 0 Å². The quantitative estimate of drug-likeness (QED) is 0.0293. The van der Waals surface area contributed by atoms with Gasteiger partial charge in [0.25, 0.3) is 5.91 Å². The highest BCUT2D eigenvalue weighted by molar-refractivity contribution is 5.97. The zero-order valence-corrected chi connectivity index (χ0v) is 47.9. The molecule has 3 aromatic heterocycles. The number of amides is 1. The minimum absolute atomic E-state index is 0. The van der Waals surface area contributed by atoms with E-state index in [-0.39, 0.29) is 75.5 Å². The second-order valence-electron chi connectivity index (χ2n) is 16.5. The van der Waals surface area contributed by atoms with Crippen LogP contribution in [0.2, 0.25) is 0 Å². The van der Waals surface area contributed by atoms with Gasteiger partial charge in [-0.15, -0.1) is 0 Å². The Morgan fingerprint density at radius 3 is 1.29 bits per heavy atom. The van der Waals surface area contributed by atoms with Crippen molar-refractivity contribution in [2.75, 3.05) is 55.1 Å². The number of nitrogens with one attached hydrogen (secondary N) is 1. The van der Waals surface area contributed by atoms with Gasteiger partial charge in [0.05, 0.1) is 123 Å². The average molecular weight is 1320 g/mol. The topological polar surface area (TPSA) is 573 Å². The maximum absolute atomic E-state index is 11.4. The molecule has 9 aromatic rings. The van der Waals surface area contributed by atoms with Gasteiger partial charge in [-0.05, 0) is 42.5 Å². The van der Waals surface area contributed by atoms with Gasteiger partial charge >= 0.3 is 40.4 Å². The molecule has 0 spiro atoms. The minimum Gasteiger partial charge on any atom is -0.501 e. The monoisotopic (exact) mass is 1310 g/mol. The zero-order valence-electron chi connectivity index (χ0n) is 62.9. The molecule has 0 fully saturated rings. The number of aromatic hydroxyl groups is 1. The van der Waals surface area contributed by atoms with Crippen molar-refractivity contribution < 1.29 is 105 Å². The normalized spacial score (nSPS) is 12.7. The number of para-hydroxylation sites is 6. The van der Waals surface area contributed by atoms with Gasteiger partial charge in [0.1, 0.15) is 30.1 Å². The van der Waals surface area contributed by atoms with Crippen LogP contribution >= 0.6 is 0 Å². The molecular weight excluding hydrogens is 1240 g/mol. The molecule has 6 aromatic carbocycles. The number of aromatic amines is 1. The van der Waals surface area contributed by atoms with Gasteiger partial charge in [0.2, 0.25) is 28.7 Å². The second kappa shape index (κ2) is 36.1. The summed E-state index contributed by atoms with van der Waals surface area (Å²) in [7, 11) is -8.47. The number of carbonyl (C=O) groups is 3. The van der Waals surface area contributed by atoms with E-state index in [1.165, 1.54) is 82.9 Å². The lowest BCUT2D eigenvalue weighted by Gasteiger charge is -2.07. The highest BCUT2D eigenvalue weighted by atomic mass is 16.6. The first-order valence-electron chi connectivity index (χ1n) is 31.5. The van der Waals surface area contributed by atoms with Crippen molar-refractivity contribution in [1.82, 2.24) is 50.9 Å². The van der Waals surface area contributed by atoms with E-state index in [2.05, 4.69) is 54.3 Å². The third-order valence-corrected chi connectivity index (χ3v) is 11.0. The molecule has 494 valence electrons. The molecule has 11 N–H and O–H groups in total. The summed E-state index contributed by atoms with van der Waals surface area (Å²) in [5, 5.41) is 77.2. The summed E-state index contributed by atoms with van der Waals surface area (Å²) < 4.78 is 140. The summed E-state index contributed by atoms with van der Waals surface area (Å²) in [6.45, 7) is 0. The number of methoxy groups -OCH3 is 7. The number of nitro benzene ring substituents is 5. The number of anilines is 1. The summed E-state index contributed by atoms with van der Waals surface area (Å²) in [4.78, 5) is 95.0. The van der Waals surface area contributed by atoms with Gasteiger partial charge in [0.15, 0.2) is 23.2 Å². The van der Waals surface area contributed by atoms with Crippen molar-refractivity contribution in [2.24, 2.45) is 19.8 Å². The van der Waals surface area contributed by atoms with Crippen LogP contribution in [-0.2, 0) is 23.6 Å². The largest absolute Gasteiger partial charge is 0.501 e. The molecule has 0 radical (unpaired) electrons. The number of benzene rings is 6. The van der Waals surface area contributed by atoms with Gasteiger partial charge in [-0.3, -0.25) is 69.8 Å².